The van der Waals surface area contributed by atoms with Crippen LogP contribution in [0.5, 0.6) is 5.75 Å². The van der Waals surface area contributed by atoms with Crippen molar-refractivity contribution in [2.24, 2.45) is 5.92 Å². The highest BCUT2D eigenvalue weighted by Gasteiger charge is 2.44. The van der Waals surface area contributed by atoms with Crippen molar-refractivity contribution in [2.75, 3.05) is 18.5 Å². The van der Waals surface area contributed by atoms with Gasteiger partial charge in [0.05, 0.1) is 25.2 Å². The standard InChI is InChI=1S/C30H31FN2O4/c1-16-11-20(37-19-9-10-36-15-19)12-17(2)28(16)21-4-6-25(31)29-22(21)5-7-26(29)33-27-8-3-18(14-32-27)23-13-24(23)30(34)35/h3-4,6,8,11-12,14,19,23-24,26H,5,7,9-10,13,15H2,1-2H3,(H,32,33)(H,34,35)/t19-,23-,24+,26+/m0/s1. The highest BCUT2D eigenvalue weighted by molar-refractivity contribution is 5.77. The van der Waals surface area contributed by atoms with Crippen molar-refractivity contribution >= 4 is 11.8 Å². The van der Waals surface area contributed by atoms with Gasteiger partial charge >= 0.3 is 5.97 Å². The molecule has 4 atom stereocenters. The molecule has 0 amide bonds. The second-order valence-electron chi connectivity index (χ2n) is 10.5. The van der Waals surface area contributed by atoms with E-state index >= 15 is 4.39 Å². The van der Waals surface area contributed by atoms with Crippen molar-refractivity contribution in [2.45, 2.75) is 57.6 Å². The summed E-state index contributed by atoms with van der Waals surface area (Å²) in [5.74, 6) is 0.299. The zero-order valence-corrected chi connectivity index (χ0v) is 21.1. The summed E-state index contributed by atoms with van der Waals surface area (Å²) in [5, 5.41) is 12.6. The van der Waals surface area contributed by atoms with E-state index in [4.69, 9.17) is 9.47 Å². The molecule has 37 heavy (non-hydrogen) atoms. The van der Waals surface area contributed by atoms with Gasteiger partial charge in [-0.05, 0) is 96.7 Å². The zero-order valence-electron chi connectivity index (χ0n) is 21.1. The molecule has 3 aliphatic rings. The summed E-state index contributed by atoms with van der Waals surface area (Å²) >= 11 is 0. The third-order valence-corrected chi connectivity index (χ3v) is 7.95. The van der Waals surface area contributed by atoms with E-state index in [0.29, 0.717) is 24.4 Å². The molecule has 0 unspecified atom stereocenters. The number of carboxylic acids is 1. The minimum atomic E-state index is -0.753. The number of halogens is 1. The van der Waals surface area contributed by atoms with Crippen LogP contribution in [0.25, 0.3) is 11.1 Å². The van der Waals surface area contributed by atoms with Crippen molar-refractivity contribution in [1.82, 2.24) is 4.98 Å². The predicted molar refractivity (Wildman–Crippen MR) is 139 cm³/mol. The van der Waals surface area contributed by atoms with E-state index in [9.17, 15) is 9.90 Å². The number of ether oxygens (including phenoxy) is 2. The average Bonchev–Trinajstić information content (AvgIpc) is 3.30. The first-order chi connectivity index (χ1) is 17.9. The molecule has 6 nitrogen and oxygen atoms in total. The lowest BCUT2D eigenvalue weighted by atomic mass is 9.90. The van der Waals surface area contributed by atoms with Gasteiger partial charge in [0.15, 0.2) is 0 Å². The summed E-state index contributed by atoms with van der Waals surface area (Å²) < 4.78 is 26.8. The molecule has 2 heterocycles. The lowest BCUT2D eigenvalue weighted by molar-refractivity contribution is -0.138. The van der Waals surface area contributed by atoms with Crippen LogP contribution in [0.1, 0.15) is 59.0 Å². The Hall–Kier alpha value is -3.45. The Bertz CT molecular complexity index is 1330. The predicted octanol–water partition coefficient (Wildman–Crippen LogP) is 5.96. The molecule has 1 saturated carbocycles. The quantitative estimate of drug-likeness (QED) is 0.415. The first-order valence-electron chi connectivity index (χ1n) is 13.0. The van der Waals surface area contributed by atoms with Crippen LogP contribution in [0.15, 0.2) is 42.6 Å². The van der Waals surface area contributed by atoms with Crippen LogP contribution in [0.3, 0.4) is 0 Å². The summed E-state index contributed by atoms with van der Waals surface area (Å²) in [5.41, 5.74) is 7.11. The monoisotopic (exact) mass is 502 g/mol. The van der Waals surface area contributed by atoms with Gasteiger partial charge in [-0.2, -0.15) is 0 Å². The number of benzene rings is 2. The van der Waals surface area contributed by atoms with Gasteiger partial charge < -0.3 is 19.9 Å². The van der Waals surface area contributed by atoms with Gasteiger partial charge in [0, 0.05) is 18.2 Å². The SMILES string of the molecule is Cc1cc(O[C@H]2CCOC2)cc(C)c1-c1ccc(F)c2c1CC[C@H]2Nc1ccc([C@@H]2C[C@H]2C(=O)O)cn1. The van der Waals surface area contributed by atoms with Crippen LogP contribution in [0.4, 0.5) is 10.2 Å². The van der Waals surface area contributed by atoms with E-state index < -0.39 is 5.97 Å². The number of aromatic nitrogens is 1. The van der Waals surface area contributed by atoms with E-state index in [1.54, 1.807) is 12.3 Å². The van der Waals surface area contributed by atoms with Gasteiger partial charge in [-0.1, -0.05) is 12.1 Å². The second-order valence-corrected chi connectivity index (χ2v) is 10.5. The van der Waals surface area contributed by atoms with Crippen LogP contribution in [0.2, 0.25) is 0 Å². The number of aliphatic carboxylic acids is 1. The average molecular weight is 503 g/mol. The molecule has 0 bridgehead atoms. The smallest absolute Gasteiger partial charge is 0.307 e. The van der Waals surface area contributed by atoms with Gasteiger partial charge in [-0.15, -0.1) is 0 Å². The number of hydrogen-bond donors (Lipinski definition) is 2. The number of anilines is 1. The van der Waals surface area contributed by atoms with Gasteiger partial charge in [0.2, 0.25) is 0 Å². The number of rotatable bonds is 7. The summed E-state index contributed by atoms with van der Waals surface area (Å²) in [6, 6.07) is 11.2. The Labute approximate surface area is 215 Å². The molecule has 6 rings (SSSR count). The Morgan fingerprint density at radius 1 is 1.16 bits per heavy atom. The van der Waals surface area contributed by atoms with Crippen LogP contribution in [-0.4, -0.2) is 35.4 Å². The normalized spacial score (nSPS) is 24.1. The molecule has 3 aromatic rings. The molecule has 2 fully saturated rings. The van der Waals surface area contributed by atoms with Crippen LogP contribution in [-0.2, 0) is 16.0 Å². The van der Waals surface area contributed by atoms with E-state index in [0.717, 1.165) is 65.0 Å². The molecule has 192 valence electrons. The number of carboxylic acid groups (broad SMARTS) is 1. The second kappa shape index (κ2) is 9.45. The minimum absolute atomic E-state index is 0.0426. The van der Waals surface area contributed by atoms with Gasteiger partial charge in [0.25, 0.3) is 0 Å². The van der Waals surface area contributed by atoms with Gasteiger partial charge in [-0.3, -0.25) is 4.79 Å². The largest absolute Gasteiger partial charge is 0.488 e. The molecule has 0 spiro atoms. The van der Waals surface area contributed by atoms with Crippen molar-refractivity contribution in [3.63, 3.8) is 0 Å². The molecular formula is C30H31FN2O4. The molecule has 1 saturated heterocycles. The Balaban J connectivity index is 1.24. The van der Waals surface area contributed by atoms with Crippen LogP contribution >= 0.6 is 0 Å². The summed E-state index contributed by atoms with van der Waals surface area (Å²) in [6.45, 7) is 5.53. The van der Waals surface area contributed by atoms with Crippen molar-refractivity contribution in [3.05, 3.63) is 76.2 Å². The maximum atomic E-state index is 15.2. The van der Waals surface area contributed by atoms with Crippen molar-refractivity contribution in [1.29, 1.82) is 0 Å². The fourth-order valence-corrected chi connectivity index (χ4v) is 6.03. The van der Waals surface area contributed by atoms with E-state index in [1.165, 1.54) is 0 Å². The highest BCUT2D eigenvalue weighted by atomic mass is 19.1. The minimum Gasteiger partial charge on any atom is -0.488 e. The van der Waals surface area contributed by atoms with E-state index in [2.05, 4.69) is 36.3 Å². The molecular weight excluding hydrogens is 471 g/mol. The lowest BCUT2D eigenvalue weighted by Gasteiger charge is -2.20. The lowest BCUT2D eigenvalue weighted by Crippen LogP contribution is -2.15. The first kappa shape index (κ1) is 23.9. The molecule has 1 aromatic heterocycles. The zero-order chi connectivity index (χ0) is 25.7. The van der Waals surface area contributed by atoms with Gasteiger partial charge in [0.1, 0.15) is 23.5 Å². The first-order valence-corrected chi connectivity index (χ1v) is 13.0. The van der Waals surface area contributed by atoms with Crippen LogP contribution in [0, 0.1) is 25.6 Å². The molecule has 2 aliphatic carbocycles. The maximum absolute atomic E-state index is 15.2. The van der Waals surface area contributed by atoms with E-state index in [1.807, 2.05) is 18.2 Å². The fourth-order valence-electron chi connectivity index (χ4n) is 6.03. The number of nitrogens with one attached hydrogen (secondary N) is 1. The fraction of sp³-hybridized carbons (Fsp3) is 0.400. The maximum Gasteiger partial charge on any atom is 0.307 e. The summed E-state index contributed by atoms with van der Waals surface area (Å²) in [4.78, 5) is 15.7. The molecule has 0 radical (unpaired) electrons. The van der Waals surface area contributed by atoms with Gasteiger partial charge in [-0.25, -0.2) is 9.37 Å². The third kappa shape index (κ3) is 4.57. The van der Waals surface area contributed by atoms with E-state index in [-0.39, 0.29) is 29.8 Å². The van der Waals surface area contributed by atoms with Crippen molar-refractivity contribution in [3.8, 4) is 16.9 Å². The van der Waals surface area contributed by atoms with Crippen molar-refractivity contribution < 1.29 is 23.8 Å². The molecule has 7 heteroatoms. The Kier molecular flexibility index (Phi) is 6.11. The van der Waals surface area contributed by atoms with Crippen LogP contribution < -0.4 is 10.1 Å². The summed E-state index contributed by atoms with van der Waals surface area (Å²) in [7, 11) is 0. The third-order valence-electron chi connectivity index (χ3n) is 7.95. The molecule has 1 aliphatic heterocycles. The number of hydrogen-bond acceptors (Lipinski definition) is 5. The molecule has 2 N–H and O–H groups in total. The number of nitrogens with zero attached hydrogens (tertiary/aromatic N) is 1. The number of aryl methyl sites for hydroxylation is 2. The Morgan fingerprint density at radius 3 is 2.62 bits per heavy atom. The topological polar surface area (TPSA) is 80.7 Å². The molecule has 2 aromatic carbocycles. The number of fused-ring (bicyclic) bond motifs is 1. The summed E-state index contributed by atoms with van der Waals surface area (Å²) in [6.07, 6.45) is 4.95. The highest BCUT2D eigenvalue weighted by Crippen LogP contribution is 2.48. The Morgan fingerprint density at radius 2 is 1.97 bits per heavy atom. The number of carbonyl (C=O) groups is 1. The number of pyridine rings is 1.